The van der Waals surface area contributed by atoms with Crippen LogP contribution in [0.4, 0.5) is 0 Å². The number of nitrogens with one attached hydrogen (secondary N) is 1. The molecule has 1 fully saturated rings. The van der Waals surface area contributed by atoms with Crippen molar-refractivity contribution in [2.45, 2.75) is 32.2 Å². The standard InChI is InChI=1S/C15H23ClN2.2ClH/c1-2-3-7-15(18-10-8-17-9-11-18)13-5-4-6-14(16)12-13;;/h4-6,12,15,17H,2-3,7-11H2,1H3;2*1H/t15-;;/m1../s1. The van der Waals surface area contributed by atoms with Gasteiger partial charge in [-0.15, -0.1) is 24.8 Å². The van der Waals surface area contributed by atoms with Crippen LogP contribution in [0.5, 0.6) is 0 Å². The van der Waals surface area contributed by atoms with E-state index in [1.54, 1.807) is 0 Å². The molecular formula is C15H25Cl3N2. The van der Waals surface area contributed by atoms with Crippen LogP contribution in [0.2, 0.25) is 5.02 Å². The fourth-order valence-electron chi connectivity index (χ4n) is 2.67. The molecule has 0 saturated carbocycles. The predicted molar refractivity (Wildman–Crippen MR) is 92.7 cm³/mol. The molecule has 0 unspecified atom stereocenters. The Morgan fingerprint density at radius 1 is 1.25 bits per heavy atom. The lowest BCUT2D eigenvalue weighted by Crippen LogP contribution is -2.45. The van der Waals surface area contributed by atoms with E-state index in [4.69, 9.17) is 11.6 Å². The van der Waals surface area contributed by atoms with Crippen molar-refractivity contribution in [2.75, 3.05) is 26.2 Å². The summed E-state index contributed by atoms with van der Waals surface area (Å²) < 4.78 is 0. The summed E-state index contributed by atoms with van der Waals surface area (Å²) in [5.74, 6) is 0. The molecule has 1 aromatic rings. The first kappa shape index (κ1) is 20.0. The Labute approximate surface area is 140 Å². The van der Waals surface area contributed by atoms with E-state index in [0.29, 0.717) is 6.04 Å². The normalized spacial score (nSPS) is 16.9. The predicted octanol–water partition coefficient (Wildman–Crippen LogP) is 4.32. The van der Waals surface area contributed by atoms with E-state index in [-0.39, 0.29) is 24.8 Å². The highest BCUT2D eigenvalue weighted by Gasteiger charge is 2.21. The quantitative estimate of drug-likeness (QED) is 0.859. The van der Waals surface area contributed by atoms with Gasteiger partial charge in [0.1, 0.15) is 0 Å². The number of rotatable bonds is 5. The average molecular weight is 340 g/mol. The third-order valence-corrected chi connectivity index (χ3v) is 3.89. The Hall–Kier alpha value is 0.01000. The van der Waals surface area contributed by atoms with E-state index < -0.39 is 0 Å². The second kappa shape index (κ2) is 10.7. The van der Waals surface area contributed by atoms with Gasteiger partial charge in [-0.2, -0.15) is 0 Å². The Morgan fingerprint density at radius 3 is 2.55 bits per heavy atom. The molecular weight excluding hydrogens is 315 g/mol. The van der Waals surface area contributed by atoms with E-state index in [2.05, 4.69) is 35.3 Å². The van der Waals surface area contributed by atoms with Crippen molar-refractivity contribution < 1.29 is 0 Å². The van der Waals surface area contributed by atoms with Crippen molar-refractivity contribution in [2.24, 2.45) is 0 Å². The summed E-state index contributed by atoms with van der Waals surface area (Å²) in [6.07, 6.45) is 3.76. The van der Waals surface area contributed by atoms with Crippen molar-refractivity contribution in [3.05, 3.63) is 34.9 Å². The minimum atomic E-state index is 0. The number of halogens is 3. The molecule has 1 aliphatic rings. The van der Waals surface area contributed by atoms with Crippen LogP contribution < -0.4 is 5.32 Å². The lowest BCUT2D eigenvalue weighted by atomic mass is 9.99. The van der Waals surface area contributed by atoms with Crippen molar-refractivity contribution in [3.8, 4) is 0 Å². The van der Waals surface area contributed by atoms with Gasteiger partial charge in [0.2, 0.25) is 0 Å². The first-order valence-electron chi connectivity index (χ1n) is 7.01. The third-order valence-electron chi connectivity index (χ3n) is 3.66. The molecule has 0 radical (unpaired) electrons. The van der Waals surface area contributed by atoms with Gasteiger partial charge in [-0.05, 0) is 24.1 Å². The molecule has 1 saturated heterocycles. The Balaban J connectivity index is 0.00000180. The molecule has 0 amide bonds. The zero-order chi connectivity index (χ0) is 12.8. The maximum Gasteiger partial charge on any atom is 0.0409 e. The van der Waals surface area contributed by atoms with E-state index >= 15 is 0 Å². The maximum atomic E-state index is 6.13. The number of hydrogen-bond acceptors (Lipinski definition) is 2. The van der Waals surface area contributed by atoms with Crippen LogP contribution in [0.3, 0.4) is 0 Å². The molecule has 1 aliphatic heterocycles. The first-order valence-corrected chi connectivity index (χ1v) is 7.39. The molecule has 5 heteroatoms. The van der Waals surface area contributed by atoms with Gasteiger partial charge in [0.05, 0.1) is 0 Å². The van der Waals surface area contributed by atoms with Gasteiger partial charge in [0, 0.05) is 37.2 Å². The van der Waals surface area contributed by atoms with Crippen molar-refractivity contribution in [3.63, 3.8) is 0 Å². The second-order valence-corrected chi connectivity index (χ2v) is 5.44. The van der Waals surface area contributed by atoms with E-state index in [1.165, 1.54) is 24.8 Å². The van der Waals surface area contributed by atoms with Crippen LogP contribution >= 0.6 is 36.4 Å². The molecule has 1 atom stereocenters. The lowest BCUT2D eigenvalue weighted by molar-refractivity contribution is 0.163. The lowest BCUT2D eigenvalue weighted by Gasteiger charge is -2.35. The highest BCUT2D eigenvalue weighted by molar-refractivity contribution is 6.30. The number of piperazine rings is 1. The van der Waals surface area contributed by atoms with E-state index in [1.807, 2.05) is 6.07 Å². The topological polar surface area (TPSA) is 15.3 Å². The number of unbranched alkanes of at least 4 members (excludes halogenated alkanes) is 1. The zero-order valence-electron chi connectivity index (χ0n) is 12.0. The van der Waals surface area contributed by atoms with Gasteiger partial charge in [-0.3, -0.25) is 4.90 Å². The molecule has 1 N–H and O–H groups in total. The summed E-state index contributed by atoms with van der Waals surface area (Å²) in [5.41, 5.74) is 1.37. The molecule has 2 rings (SSSR count). The summed E-state index contributed by atoms with van der Waals surface area (Å²) in [7, 11) is 0. The molecule has 0 spiro atoms. The largest absolute Gasteiger partial charge is 0.314 e. The molecule has 2 nitrogen and oxygen atoms in total. The third kappa shape index (κ3) is 5.79. The summed E-state index contributed by atoms with van der Waals surface area (Å²) in [6, 6.07) is 8.90. The monoisotopic (exact) mass is 338 g/mol. The number of nitrogens with zero attached hydrogens (tertiary/aromatic N) is 1. The highest BCUT2D eigenvalue weighted by Crippen LogP contribution is 2.28. The Bertz CT molecular complexity index is 368. The van der Waals surface area contributed by atoms with E-state index in [9.17, 15) is 0 Å². The van der Waals surface area contributed by atoms with Crippen LogP contribution in [0.1, 0.15) is 37.8 Å². The van der Waals surface area contributed by atoms with Gasteiger partial charge >= 0.3 is 0 Å². The van der Waals surface area contributed by atoms with Crippen LogP contribution in [0.25, 0.3) is 0 Å². The van der Waals surface area contributed by atoms with Gasteiger partial charge in [0.15, 0.2) is 0 Å². The number of benzene rings is 1. The Morgan fingerprint density at radius 2 is 1.95 bits per heavy atom. The summed E-state index contributed by atoms with van der Waals surface area (Å²) in [6.45, 7) is 6.74. The van der Waals surface area contributed by atoms with Gasteiger partial charge in [-0.1, -0.05) is 43.5 Å². The summed E-state index contributed by atoms with van der Waals surface area (Å²) in [4.78, 5) is 2.60. The van der Waals surface area contributed by atoms with Gasteiger partial charge in [-0.25, -0.2) is 0 Å². The molecule has 0 aliphatic carbocycles. The second-order valence-electron chi connectivity index (χ2n) is 5.00. The minimum absolute atomic E-state index is 0. The molecule has 0 aromatic heterocycles. The van der Waals surface area contributed by atoms with Gasteiger partial charge in [0.25, 0.3) is 0 Å². The Kier molecular flexibility index (Phi) is 10.7. The molecule has 116 valence electrons. The molecule has 1 heterocycles. The van der Waals surface area contributed by atoms with E-state index in [0.717, 1.165) is 31.2 Å². The van der Waals surface area contributed by atoms with Crippen molar-refractivity contribution >= 4 is 36.4 Å². The summed E-state index contributed by atoms with van der Waals surface area (Å²) in [5, 5.41) is 4.27. The first-order chi connectivity index (χ1) is 8.81. The van der Waals surface area contributed by atoms with Crippen LogP contribution in [0.15, 0.2) is 24.3 Å². The molecule has 0 bridgehead atoms. The molecule has 20 heavy (non-hydrogen) atoms. The fourth-order valence-corrected chi connectivity index (χ4v) is 2.86. The minimum Gasteiger partial charge on any atom is -0.314 e. The smallest absolute Gasteiger partial charge is 0.0409 e. The zero-order valence-corrected chi connectivity index (χ0v) is 14.4. The fraction of sp³-hybridized carbons (Fsp3) is 0.600. The van der Waals surface area contributed by atoms with Crippen LogP contribution in [0, 0.1) is 0 Å². The van der Waals surface area contributed by atoms with Crippen LogP contribution in [-0.2, 0) is 0 Å². The average Bonchev–Trinajstić information content (AvgIpc) is 2.40. The number of hydrogen-bond donors (Lipinski definition) is 1. The highest BCUT2D eigenvalue weighted by atomic mass is 35.5. The van der Waals surface area contributed by atoms with Gasteiger partial charge < -0.3 is 5.32 Å². The molecule has 1 aromatic carbocycles. The van der Waals surface area contributed by atoms with Crippen molar-refractivity contribution in [1.29, 1.82) is 0 Å². The maximum absolute atomic E-state index is 6.13. The SMILES string of the molecule is CCCC[C@H](c1cccc(Cl)c1)N1CCNCC1.Cl.Cl. The van der Waals surface area contributed by atoms with Crippen molar-refractivity contribution in [1.82, 2.24) is 10.2 Å². The summed E-state index contributed by atoms with van der Waals surface area (Å²) >= 11 is 6.13. The van der Waals surface area contributed by atoms with Crippen LogP contribution in [-0.4, -0.2) is 31.1 Å².